The van der Waals surface area contributed by atoms with Crippen LogP contribution in [0.2, 0.25) is 5.02 Å². The fraction of sp³-hybridized carbons (Fsp3) is 0.429. The number of hydrogen-bond acceptors (Lipinski definition) is 3. The molecule has 0 saturated carbocycles. The minimum absolute atomic E-state index is 0.599. The maximum absolute atomic E-state index is 12.0. The van der Waals surface area contributed by atoms with E-state index in [9.17, 15) is 4.91 Å². The molecule has 26 heavy (non-hydrogen) atoms. The van der Waals surface area contributed by atoms with Gasteiger partial charge in [0.2, 0.25) is 0 Å². The molecule has 0 bridgehead atoms. The van der Waals surface area contributed by atoms with Gasteiger partial charge in [0.25, 0.3) is 0 Å². The van der Waals surface area contributed by atoms with Crippen LogP contribution in [0.1, 0.15) is 24.8 Å². The third-order valence-corrected chi connectivity index (χ3v) is 5.51. The smallest absolute Gasteiger partial charge is 0.192 e. The van der Waals surface area contributed by atoms with E-state index in [1.165, 1.54) is 20.1 Å². The molecule has 2 rings (SSSR count). The molecule has 3 nitrogen and oxygen atoms in total. The zero-order valence-corrected chi connectivity index (χ0v) is 17.2. The highest BCUT2D eigenvalue weighted by Crippen LogP contribution is 2.31. The lowest BCUT2D eigenvalue weighted by Gasteiger charge is -2.08. The van der Waals surface area contributed by atoms with Crippen LogP contribution in [-0.2, 0) is 6.42 Å². The van der Waals surface area contributed by atoms with Gasteiger partial charge in [-0.2, -0.15) is 0 Å². The van der Waals surface area contributed by atoms with Crippen molar-refractivity contribution in [3.63, 3.8) is 0 Å². The molecule has 2 aromatic rings. The third-order valence-electron chi connectivity index (χ3n) is 4.13. The molecule has 0 aliphatic heterocycles. The summed E-state index contributed by atoms with van der Waals surface area (Å²) in [6, 6.07) is 16.3. The van der Waals surface area contributed by atoms with Crippen molar-refractivity contribution in [2.24, 2.45) is 0 Å². The highest BCUT2D eigenvalue weighted by atomic mass is 35.5. The van der Waals surface area contributed by atoms with E-state index in [-0.39, 0.29) is 0 Å². The first-order valence-corrected chi connectivity index (χ1v) is 10.3. The van der Waals surface area contributed by atoms with Gasteiger partial charge in [0.1, 0.15) is 0 Å². The van der Waals surface area contributed by atoms with Crippen molar-refractivity contribution in [3.8, 4) is 0 Å². The Hall–Kier alpha value is -1.36. The summed E-state index contributed by atoms with van der Waals surface area (Å²) in [6.45, 7) is 2.28. The summed E-state index contributed by atoms with van der Waals surface area (Å²) < 4.78 is 1.21. The number of rotatable bonds is 11. The molecule has 0 aromatic heterocycles. The standard InChI is InChI=1S/C21H28ClN2OS/c1-23(2)15-5-6-16-24(25)17-7-9-18-8-3-4-10-21(18)26-20-13-11-19(22)12-14-20/h3-4,8,10-14H,5-7,9,15-17H2,1-2H3/q+1. The zero-order chi connectivity index (χ0) is 18.8. The Morgan fingerprint density at radius 1 is 0.962 bits per heavy atom. The van der Waals surface area contributed by atoms with Gasteiger partial charge in [-0.15, -0.1) is 0 Å². The topological polar surface area (TPSA) is 23.3 Å². The van der Waals surface area contributed by atoms with E-state index in [1.54, 1.807) is 11.8 Å². The van der Waals surface area contributed by atoms with Crippen LogP contribution in [0, 0.1) is 4.91 Å². The Bertz CT molecular complexity index is 689. The summed E-state index contributed by atoms with van der Waals surface area (Å²) in [6.07, 6.45) is 3.85. The molecule has 0 fully saturated rings. The molecule has 0 atom stereocenters. The van der Waals surface area contributed by atoms with Gasteiger partial charge >= 0.3 is 0 Å². The molecule has 0 unspecified atom stereocenters. The van der Waals surface area contributed by atoms with Crippen LogP contribution in [0.3, 0.4) is 0 Å². The van der Waals surface area contributed by atoms with Gasteiger partial charge in [0.05, 0.1) is 0 Å². The Morgan fingerprint density at radius 3 is 2.38 bits per heavy atom. The van der Waals surface area contributed by atoms with Gasteiger partial charge in [0.15, 0.2) is 13.1 Å². The predicted octanol–water partition coefficient (Wildman–Crippen LogP) is 5.54. The molecule has 0 spiro atoms. The molecule has 0 saturated heterocycles. The van der Waals surface area contributed by atoms with Gasteiger partial charge in [-0.1, -0.05) is 41.6 Å². The molecule has 140 valence electrons. The largest absolute Gasteiger partial charge is 0.309 e. The van der Waals surface area contributed by atoms with E-state index in [4.69, 9.17) is 11.6 Å². The number of nitroso groups, excluding NO2 is 1. The first-order valence-electron chi connectivity index (χ1n) is 9.13. The van der Waals surface area contributed by atoms with E-state index in [0.29, 0.717) is 13.1 Å². The van der Waals surface area contributed by atoms with E-state index in [0.717, 1.165) is 37.3 Å². The molecular weight excluding hydrogens is 364 g/mol. The molecule has 0 radical (unpaired) electrons. The van der Waals surface area contributed by atoms with Gasteiger partial charge < -0.3 is 4.90 Å². The second-order valence-electron chi connectivity index (χ2n) is 6.71. The Labute approximate surface area is 166 Å². The number of nitrogens with zero attached hydrogens (tertiary/aromatic N) is 2. The molecule has 0 amide bonds. The van der Waals surface area contributed by atoms with Gasteiger partial charge in [-0.05, 0) is 74.1 Å². The van der Waals surface area contributed by atoms with Crippen molar-refractivity contribution in [1.29, 1.82) is 0 Å². The molecule has 0 aliphatic carbocycles. The van der Waals surface area contributed by atoms with Crippen molar-refractivity contribution in [2.45, 2.75) is 35.5 Å². The average Bonchev–Trinajstić information content (AvgIpc) is 2.62. The molecular formula is C21H28ClN2OS+. The van der Waals surface area contributed by atoms with Gasteiger partial charge in [-0.3, -0.25) is 0 Å². The van der Waals surface area contributed by atoms with Crippen molar-refractivity contribution in [3.05, 3.63) is 64.0 Å². The molecule has 5 heteroatoms. The van der Waals surface area contributed by atoms with Crippen molar-refractivity contribution >= 4 is 23.4 Å². The Balaban J connectivity index is 1.79. The van der Waals surface area contributed by atoms with E-state index < -0.39 is 0 Å². The summed E-state index contributed by atoms with van der Waals surface area (Å²) in [5.74, 6) is 0. The fourth-order valence-electron chi connectivity index (χ4n) is 2.71. The predicted molar refractivity (Wildman–Crippen MR) is 111 cm³/mol. The van der Waals surface area contributed by atoms with E-state index in [2.05, 4.69) is 43.3 Å². The quantitative estimate of drug-likeness (QED) is 0.371. The SMILES string of the molecule is CN(C)CCCC[N+](=O)CCCc1ccccc1Sc1ccc(Cl)cc1. The highest BCUT2D eigenvalue weighted by Gasteiger charge is 2.10. The minimum atomic E-state index is 0.599. The summed E-state index contributed by atoms with van der Waals surface area (Å²) in [4.78, 5) is 16.6. The first kappa shape index (κ1) is 20.9. The average molecular weight is 392 g/mol. The van der Waals surface area contributed by atoms with Crippen LogP contribution in [0.4, 0.5) is 0 Å². The normalized spacial score (nSPS) is 11.1. The lowest BCUT2D eigenvalue weighted by Crippen LogP contribution is -2.16. The second-order valence-corrected chi connectivity index (χ2v) is 8.26. The van der Waals surface area contributed by atoms with Crippen LogP contribution in [0.5, 0.6) is 0 Å². The van der Waals surface area contributed by atoms with Crippen LogP contribution in [-0.4, -0.2) is 43.4 Å². The molecule has 0 aliphatic rings. The zero-order valence-electron chi connectivity index (χ0n) is 15.7. The minimum Gasteiger partial charge on any atom is -0.309 e. The third kappa shape index (κ3) is 7.90. The summed E-state index contributed by atoms with van der Waals surface area (Å²) in [5, 5.41) is 0.753. The fourth-order valence-corrected chi connectivity index (χ4v) is 3.81. The lowest BCUT2D eigenvalue weighted by atomic mass is 10.1. The van der Waals surface area contributed by atoms with E-state index >= 15 is 0 Å². The maximum Gasteiger partial charge on any atom is 0.192 e. The summed E-state index contributed by atoms with van der Waals surface area (Å²) >= 11 is 7.71. The van der Waals surface area contributed by atoms with Crippen LogP contribution in [0.15, 0.2) is 58.3 Å². The van der Waals surface area contributed by atoms with Crippen LogP contribution < -0.4 is 0 Å². The van der Waals surface area contributed by atoms with Crippen LogP contribution in [0.25, 0.3) is 0 Å². The second kappa shape index (κ2) is 11.4. The van der Waals surface area contributed by atoms with Gasteiger partial charge in [-0.25, -0.2) is 0 Å². The first-order chi connectivity index (χ1) is 12.5. The summed E-state index contributed by atoms with van der Waals surface area (Å²) in [5.41, 5.74) is 1.30. The number of halogens is 1. The molecule has 0 heterocycles. The number of unbranched alkanes of at least 4 members (excludes halogenated alkanes) is 1. The number of aryl methyl sites for hydroxylation is 1. The van der Waals surface area contributed by atoms with E-state index in [1.807, 2.05) is 24.3 Å². The van der Waals surface area contributed by atoms with Crippen molar-refractivity contribution < 1.29 is 4.76 Å². The molecule has 0 N–H and O–H groups in total. The van der Waals surface area contributed by atoms with Crippen molar-refractivity contribution in [1.82, 2.24) is 4.90 Å². The number of hydrogen-bond donors (Lipinski definition) is 0. The van der Waals surface area contributed by atoms with Crippen LogP contribution >= 0.6 is 23.4 Å². The monoisotopic (exact) mass is 391 g/mol. The molecule has 2 aromatic carbocycles. The Kier molecular flexibility index (Phi) is 9.16. The lowest BCUT2D eigenvalue weighted by molar-refractivity contribution is -0.549. The summed E-state index contributed by atoms with van der Waals surface area (Å²) in [7, 11) is 4.13. The van der Waals surface area contributed by atoms with Crippen molar-refractivity contribution in [2.75, 3.05) is 33.7 Å². The maximum atomic E-state index is 12.0. The number of benzene rings is 2. The van der Waals surface area contributed by atoms with Gasteiger partial charge in [0, 0.05) is 32.6 Å². The highest BCUT2D eigenvalue weighted by molar-refractivity contribution is 7.99. The Morgan fingerprint density at radius 2 is 1.65 bits per heavy atom.